The van der Waals surface area contributed by atoms with Crippen LogP contribution in [0, 0.1) is 5.92 Å². The summed E-state index contributed by atoms with van der Waals surface area (Å²) in [5.41, 5.74) is 6.49. The van der Waals surface area contributed by atoms with Gasteiger partial charge in [0.1, 0.15) is 0 Å². The van der Waals surface area contributed by atoms with Crippen LogP contribution >= 0.6 is 0 Å². The Labute approximate surface area is 126 Å². The molecule has 0 fully saturated rings. The molecular formula is C14H23N3O3S. The molecule has 0 saturated heterocycles. The summed E-state index contributed by atoms with van der Waals surface area (Å²) in [6.45, 7) is 5.53. The zero-order valence-electron chi connectivity index (χ0n) is 12.8. The lowest BCUT2D eigenvalue weighted by Crippen LogP contribution is -2.44. The Kier molecular flexibility index (Phi) is 5.88. The van der Waals surface area contributed by atoms with Crippen LogP contribution in [0.25, 0.3) is 0 Å². The standard InChI is InChI=1S/C14H23N3O3S/c1-9(2)13(15)14(18)17-10(3)11-6-5-7-12(8-11)21(19,20)16-4/h5-10,13,16H,15H2,1-4H3,(H,17,18)/t10?,13-/m0/s1. The van der Waals surface area contributed by atoms with Crippen molar-refractivity contribution in [2.24, 2.45) is 11.7 Å². The summed E-state index contributed by atoms with van der Waals surface area (Å²) >= 11 is 0. The molecule has 1 aromatic carbocycles. The van der Waals surface area contributed by atoms with Gasteiger partial charge in [-0.2, -0.15) is 0 Å². The molecule has 1 unspecified atom stereocenters. The SMILES string of the molecule is CNS(=O)(=O)c1cccc(C(C)NC(=O)[C@@H](N)C(C)C)c1. The van der Waals surface area contributed by atoms with Gasteiger partial charge in [0.2, 0.25) is 15.9 Å². The predicted molar refractivity (Wildman–Crippen MR) is 82.1 cm³/mol. The van der Waals surface area contributed by atoms with Crippen LogP contribution in [-0.2, 0) is 14.8 Å². The zero-order valence-corrected chi connectivity index (χ0v) is 13.6. The summed E-state index contributed by atoms with van der Waals surface area (Å²) < 4.78 is 25.8. The number of sulfonamides is 1. The number of nitrogens with two attached hydrogens (primary N) is 1. The maximum Gasteiger partial charge on any atom is 0.240 e. The van der Waals surface area contributed by atoms with Crippen molar-refractivity contribution in [2.75, 3.05) is 7.05 Å². The normalized spacial score (nSPS) is 14.8. The number of amides is 1. The quantitative estimate of drug-likeness (QED) is 0.721. The maximum atomic E-state index is 11.9. The minimum atomic E-state index is -3.50. The Balaban J connectivity index is 2.92. The monoisotopic (exact) mass is 313 g/mol. The van der Waals surface area contributed by atoms with Crippen molar-refractivity contribution in [1.29, 1.82) is 0 Å². The van der Waals surface area contributed by atoms with E-state index < -0.39 is 16.1 Å². The van der Waals surface area contributed by atoms with Crippen molar-refractivity contribution in [2.45, 2.75) is 37.8 Å². The van der Waals surface area contributed by atoms with Crippen LogP contribution in [0.3, 0.4) is 0 Å². The number of rotatable bonds is 6. The van der Waals surface area contributed by atoms with Crippen LogP contribution in [0.5, 0.6) is 0 Å². The molecule has 0 spiro atoms. The number of carbonyl (C=O) groups excluding carboxylic acids is 1. The van der Waals surface area contributed by atoms with Crippen LogP contribution in [0.4, 0.5) is 0 Å². The minimum absolute atomic E-state index is 0.0354. The molecule has 1 rings (SSSR count). The van der Waals surface area contributed by atoms with E-state index in [0.29, 0.717) is 5.56 Å². The van der Waals surface area contributed by atoms with Crippen LogP contribution in [0.15, 0.2) is 29.2 Å². The molecule has 0 aliphatic heterocycles. The first-order valence-corrected chi connectivity index (χ1v) is 8.26. The molecule has 6 nitrogen and oxygen atoms in total. The molecule has 2 atom stereocenters. The third kappa shape index (κ3) is 4.52. The lowest BCUT2D eigenvalue weighted by atomic mass is 10.0. The summed E-state index contributed by atoms with van der Waals surface area (Å²) in [5.74, 6) is -0.215. The summed E-state index contributed by atoms with van der Waals surface area (Å²) in [5, 5.41) is 2.79. The second kappa shape index (κ2) is 7.02. The Morgan fingerprint density at radius 1 is 1.24 bits per heavy atom. The number of hydrogen-bond acceptors (Lipinski definition) is 4. The first-order valence-electron chi connectivity index (χ1n) is 6.78. The van der Waals surface area contributed by atoms with Crippen molar-refractivity contribution >= 4 is 15.9 Å². The minimum Gasteiger partial charge on any atom is -0.348 e. The van der Waals surface area contributed by atoms with E-state index in [1.54, 1.807) is 19.1 Å². The van der Waals surface area contributed by atoms with E-state index in [1.807, 2.05) is 13.8 Å². The smallest absolute Gasteiger partial charge is 0.240 e. The maximum absolute atomic E-state index is 11.9. The third-order valence-electron chi connectivity index (χ3n) is 3.32. The molecular weight excluding hydrogens is 290 g/mol. The second-order valence-corrected chi connectivity index (χ2v) is 7.17. The van der Waals surface area contributed by atoms with Gasteiger partial charge in [-0.25, -0.2) is 13.1 Å². The number of nitrogens with one attached hydrogen (secondary N) is 2. The van der Waals surface area contributed by atoms with E-state index in [4.69, 9.17) is 5.73 Å². The fourth-order valence-corrected chi connectivity index (χ4v) is 2.55. The van der Waals surface area contributed by atoms with Gasteiger partial charge in [0.05, 0.1) is 17.0 Å². The molecule has 1 aromatic rings. The summed E-state index contributed by atoms with van der Waals surface area (Å²) in [7, 11) is -2.14. The molecule has 0 saturated carbocycles. The Hall–Kier alpha value is -1.44. The van der Waals surface area contributed by atoms with Gasteiger partial charge in [-0.15, -0.1) is 0 Å². The number of carbonyl (C=O) groups is 1. The lowest BCUT2D eigenvalue weighted by molar-refractivity contribution is -0.123. The van der Waals surface area contributed by atoms with E-state index in [0.717, 1.165) is 0 Å². The highest BCUT2D eigenvalue weighted by Crippen LogP contribution is 2.17. The van der Waals surface area contributed by atoms with E-state index in [2.05, 4.69) is 10.0 Å². The van der Waals surface area contributed by atoms with Gasteiger partial charge in [-0.1, -0.05) is 26.0 Å². The van der Waals surface area contributed by atoms with Crippen molar-refractivity contribution in [1.82, 2.24) is 10.0 Å². The van der Waals surface area contributed by atoms with E-state index in [9.17, 15) is 13.2 Å². The van der Waals surface area contributed by atoms with Crippen molar-refractivity contribution in [3.63, 3.8) is 0 Å². The molecule has 7 heteroatoms. The van der Waals surface area contributed by atoms with Gasteiger partial charge in [-0.3, -0.25) is 4.79 Å². The molecule has 0 aromatic heterocycles. The van der Waals surface area contributed by atoms with Crippen LogP contribution in [0.1, 0.15) is 32.4 Å². The van der Waals surface area contributed by atoms with Gasteiger partial charge in [0.25, 0.3) is 0 Å². The molecule has 21 heavy (non-hydrogen) atoms. The van der Waals surface area contributed by atoms with Crippen LogP contribution in [0.2, 0.25) is 0 Å². The van der Waals surface area contributed by atoms with Crippen LogP contribution in [-0.4, -0.2) is 27.4 Å². The van der Waals surface area contributed by atoms with E-state index in [1.165, 1.54) is 19.2 Å². The van der Waals surface area contributed by atoms with Gasteiger partial charge < -0.3 is 11.1 Å². The first kappa shape index (κ1) is 17.6. The van der Waals surface area contributed by atoms with Crippen molar-refractivity contribution < 1.29 is 13.2 Å². The predicted octanol–water partition coefficient (Wildman–Crippen LogP) is 0.755. The van der Waals surface area contributed by atoms with E-state index >= 15 is 0 Å². The summed E-state index contributed by atoms with van der Waals surface area (Å²) in [6, 6.07) is 5.54. The Morgan fingerprint density at radius 2 is 1.86 bits per heavy atom. The van der Waals surface area contributed by atoms with Gasteiger partial charge in [0.15, 0.2) is 0 Å². The second-order valence-electron chi connectivity index (χ2n) is 5.28. The fourth-order valence-electron chi connectivity index (χ4n) is 1.76. The highest BCUT2D eigenvalue weighted by atomic mass is 32.2. The fraction of sp³-hybridized carbons (Fsp3) is 0.500. The number of benzene rings is 1. The van der Waals surface area contributed by atoms with Crippen molar-refractivity contribution in [3.05, 3.63) is 29.8 Å². The Morgan fingerprint density at radius 3 is 2.38 bits per heavy atom. The zero-order chi connectivity index (χ0) is 16.2. The average molecular weight is 313 g/mol. The molecule has 118 valence electrons. The van der Waals surface area contributed by atoms with Gasteiger partial charge in [-0.05, 0) is 37.6 Å². The molecule has 0 radical (unpaired) electrons. The molecule has 0 bridgehead atoms. The van der Waals surface area contributed by atoms with Crippen molar-refractivity contribution in [3.8, 4) is 0 Å². The average Bonchev–Trinajstić information content (AvgIpc) is 2.46. The molecule has 4 N–H and O–H groups in total. The largest absolute Gasteiger partial charge is 0.348 e. The number of hydrogen-bond donors (Lipinski definition) is 3. The molecule has 0 aliphatic rings. The molecule has 0 aliphatic carbocycles. The summed E-state index contributed by atoms with van der Waals surface area (Å²) in [4.78, 5) is 12.1. The Bertz CT molecular complexity index is 599. The topological polar surface area (TPSA) is 101 Å². The third-order valence-corrected chi connectivity index (χ3v) is 4.73. The molecule has 1 amide bonds. The van der Waals surface area contributed by atoms with E-state index in [-0.39, 0.29) is 22.8 Å². The lowest BCUT2D eigenvalue weighted by Gasteiger charge is -2.20. The summed E-state index contributed by atoms with van der Waals surface area (Å²) in [6.07, 6.45) is 0. The van der Waals surface area contributed by atoms with Gasteiger partial charge in [0, 0.05) is 0 Å². The first-order chi connectivity index (χ1) is 9.69. The van der Waals surface area contributed by atoms with Gasteiger partial charge >= 0.3 is 0 Å². The molecule has 0 heterocycles. The highest BCUT2D eigenvalue weighted by molar-refractivity contribution is 7.89. The highest BCUT2D eigenvalue weighted by Gasteiger charge is 2.20. The van der Waals surface area contributed by atoms with Crippen LogP contribution < -0.4 is 15.8 Å².